The number of halogens is 6. The lowest BCUT2D eigenvalue weighted by atomic mass is 10.2. The number of hydrogen-bond donors (Lipinski definition) is 1. The van der Waals surface area contributed by atoms with Crippen LogP contribution in [0.3, 0.4) is 0 Å². The number of rotatable bonds is 10. The molecule has 0 fully saturated rings. The molecular weight excluding hydrogens is 383 g/mol. The number of hydrogen-bond acceptors (Lipinski definition) is 1. The van der Waals surface area contributed by atoms with E-state index in [0.29, 0.717) is 7.92 Å². The zero-order valence-corrected chi connectivity index (χ0v) is 17.3. The van der Waals surface area contributed by atoms with Crippen LogP contribution in [0.4, 0.5) is 26.3 Å². The van der Waals surface area contributed by atoms with Crippen molar-refractivity contribution in [2.75, 3.05) is 12.3 Å². The molecule has 0 aromatic rings. The highest BCUT2D eigenvalue weighted by atomic mass is 32.2. The Morgan fingerprint density at radius 3 is 1.40 bits per heavy atom. The predicted octanol–water partition coefficient (Wildman–Crippen LogP) is 8.05. The van der Waals surface area contributed by atoms with Crippen LogP contribution >= 0.6 is 7.92 Å². The van der Waals surface area contributed by atoms with Gasteiger partial charge in [0.15, 0.2) is 0 Å². The van der Waals surface area contributed by atoms with Gasteiger partial charge in [-0.1, -0.05) is 47.0 Å². The monoisotopic (exact) mass is 415 g/mol. The van der Waals surface area contributed by atoms with Crippen molar-refractivity contribution in [3.8, 4) is 0 Å². The first-order chi connectivity index (χ1) is 11.4. The SMILES string of the molecule is CCCCP(CCCC)C(CC)CCC.N=S(C(F)(F)F)C(F)(F)F. The summed E-state index contributed by atoms with van der Waals surface area (Å²) in [7, 11) is -3.90. The van der Waals surface area contributed by atoms with Crippen molar-refractivity contribution >= 4 is 18.6 Å². The smallest absolute Gasteiger partial charge is 0.265 e. The van der Waals surface area contributed by atoms with E-state index in [9.17, 15) is 26.3 Å². The Morgan fingerprint density at radius 2 is 1.20 bits per heavy atom. The summed E-state index contributed by atoms with van der Waals surface area (Å²) in [4.78, 5) is 0. The second-order valence-electron chi connectivity index (χ2n) is 5.79. The molecule has 0 aliphatic carbocycles. The van der Waals surface area contributed by atoms with Crippen LogP contribution in [-0.4, -0.2) is 29.0 Å². The summed E-state index contributed by atoms with van der Waals surface area (Å²) in [5, 5.41) is 0. The fourth-order valence-electron chi connectivity index (χ4n) is 2.31. The van der Waals surface area contributed by atoms with Crippen LogP contribution < -0.4 is 0 Å². The Bertz CT molecular complexity index is 322. The molecule has 1 N–H and O–H groups in total. The Morgan fingerprint density at radius 1 is 0.800 bits per heavy atom. The van der Waals surface area contributed by atoms with Crippen molar-refractivity contribution in [2.24, 2.45) is 0 Å². The number of alkyl halides is 6. The lowest BCUT2D eigenvalue weighted by Crippen LogP contribution is -2.28. The van der Waals surface area contributed by atoms with Crippen molar-refractivity contribution < 1.29 is 26.3 Å². The molecule has 1 atom stereocenters. The van der Waals surface area contributed by atoms with Gasteiger partial charge in [0, 0.05) is 0 Å². The van der Waals surface area contributed by atoms with Gasteiger partial charge in [0.05, 0.1) is 0 Å². The van der Waals surface area contributed by atoms with E-state index in [1.807, 2.05) is 0 Å². The molecule has 25 heavy (non-hydrogen) atoms. The Labute approximate surface area is 152 Å². The average Bonchev–Trinajstić information content (AvgIpc) is 2.51. The third-order valence-corrected chi connectivity index (χ3v) is 8.03. The van der Waals surface area contributed by atoms with Gasteiger partial charge in [-0.25, -0.2) is 0 Å². The largest absolute Gasteiger partial charge is 0.460 e. The molecule has 0 bridgehead atoms. The molecule has 0 spiro atoms. The van der Waals surface area contributed by atoms with Crippen LogP contribution in [0.5, 0.6) is 0 Å². The van der Waals surface area contributed by atoms with Crippen LogP contribution in [0.25, 0.3) is 0 Å². The van der Waals surface area contributed by atoms with Gasteiger partial charge in [-0.05, 0) is 43.7 Å². The van der Waals surface area contributed by atoms with Crippen molar-refractivity contribution in [2.45, 2.75) is 89.3 Å². The predicted molar refractivity (Wildman–Crippen MR) is 97.7 cm³/mol. The molecule has 0 saturated carbocycles. The van der Waals surface area contributed by atoms with E-state index in [1.165, 1.54) is 44.9 Å². The Balaban J connectivity index is 0. The quantitative estimate of drug-likeness (QED) is 0.276. The van der Waals surface area contributed by atoms with Gasteiger partial charge < -0.3 is 0 Å². The highest BCUT2D eigenvalue weighted by Crippen LogP contribution is 2.46. The normalized spacial score (nSPS) is 13.8. The van der Waals surface area contributed by atoms with Gasteiger partial charge in [0.2, 0.25) is 0 Å². The van der Waals surface area contributed by atoms with E-state index in [1.54, 1.807) is 12.3 Å². The summed E-state index contributed by atoms with van der Waals surface area (Å²) >= 11 is 0. The van der Waals surface area contributed by atoms with Gasteiger partial charge >= 0.3 is 11.0 Å². The molecule has 0 saturated heterocycles. The maximum absolute atomic E-state index is 11.0. The minimum Gasteiger partial charge on any atom is -0.265 e. The second kappa shape index (κ2) is 14.2. The van der Waals surface area contributed by atoms with Gasteiger partial charge in [-0.2, -0.15) is 26.3 Å². The van der Waals surface area contributed by atoms with Gasteiger partial charge in [-0.15, -0.1) is 7.92 Å². The van der Waals surface area contributed by atoms with E-state index in [2.05, 4.69) is 27.7 Å². The summed E-state index contributed by atoms with van der Waals surface area (Å²) < 4.78 is 72.0. The lowest BCUT2D eigenvalue weighted by Gasteiger charge is -2.26. The molecule has 154 valence electrons. The summed E-state index contributed by atoms with van der Waals surface area (Å²) in [5.41, 5.74) is -9.90. The lowest BCUT2D eigenvalue weighted by molar-refractivity contribution is -0.0754. The molecule has 9 heteroatoms. The van der Waals surface area contributed by atoms with Crippen molar-refractivity contribution in [3.63, 3.8) is 0 Å². The zero-order chi connectivity index (χ0) is 20.1. The fourth-order valence-corrected chi connectivity index (χ4v) is 6.11. The fraction of sp³-hybridized carbons (Fsp3) is 1.00. The molecule has 0 radical (unpaired) electrons. The van der Waals surface area contributed by atoms with Crippen LogP contribution in [0.1, 0.15) is 72.6 Å². The van der Waals surface area contributed by atoms with Crippen LogP contribution in [-0.2, 0) is 10.7 Å². The molecule has 0 aromatic carbocycles. The standard InChI is InChI=1S/C14H31P.C2HF6NS/c1-5-9-12-15(13-10-6-2)14(8-4)11-7-3;3-1(4,5)10(9)2(6,7)8/h14H,5-13H2,1-4H3;9H. The Kier molecular flexibility index (Phi) is 15.6. The van der Waals surface area contributed by atoms with Crippen molar-refractivity contribution in [3.05, 3.63) is 0 Å². The maximum atomic E-state index is 11.0. The van der Waals surface area contributed by atoms with Crippen LogP contribution in [0, 0.1) is 4.78 Å². The third-order valence-electron chi connectivity index (χ3n) is 3.67. The molecular formula is C16H32F6NPS. The average molecular weight is 415 g/mol. The maximum Gasteiger partial charge on any atom is 0.460 e. The Hall–Kier alpha value is 0.160. The summed E-state index contributed by atoms with van der Waals surface area (Å²) in [6.07, 6.45) is 13.1. The minimum absolute atomic E-state index is 0.358. The molecule has 0 aromatic heterocycles. The zero-order valence-electron chi connectivity index (χ0n) is 15.6. The van der Waals surface area contributed by atoms with Crippen molar-refractivity contribution in [1.29, 1.82) is 4.78 Å². The van der Waals surface area contributed by atoms with Crippen LogP contribution in [0.15, 0.2) is 0 Å². The van der Waals surface area contributed by atoms with E-state index < -0.39 is 21.7 Å². The molecule has 0 aliphatic heterocycles. The van der Waals surface area contributed by atoms with E-state index in [-0.39, 0.29) is 0 Å². The molecule has 0 aliphatic rings. The molecule has 1 nitrogen and oxygen atoms in total. The highest BCUT2D eigenvalue weighted by molar-refractivity contribution is 7.87. The first-order valence-corrected chi connectivity index (χ1v) is 11.8. The minimum atomic E-state index is -5.49. The first kappa shape index (κ1) is 27.4. The van der Waals surface area contributed by atoms with Gasteiger partial charge in [0.1, 0.15) is 10.7 Å². The van der Waals surface area contributed by atoms with Crippen LogP contribution in [0.2, 0.25) is 0 Å². The van der Waals surface area contributed by atoms with E-state index in [4.69, 9.17) is 4.78 Å². The topological polar surface area (TPSA) is 23.9 Å². The van der Waals surface area contributed by atoms with Crippen molar-refractivity contribution in [1.82, 2.24) is 0 Å². The summed E-state index contributed by atoms with van der Waals surface area (Å²) in [6.45, 7) is 9.39. The second-order valence-corrected chi connectivity index (χ2v) is 10.1. The molecule has 0 rings (SSSR count). The van der Waals surface area contributed by atoms with E-state index >= 15 is 0 Å². The molecule has 0 amide bonds. The highest BCUT2D eigenvalue weighted by Gasteiger charge is 2.50. The first-order valence-electron chi connectivity index (χ1n) is 8.78. The summed E-state index contributed by atoms with van der Waals surface area (Å²) in [5.74, 6) is 0. The third kappa shape index (κ3) is 14.0. The molecule has 1 unspecified atom stereocenters. The van der Waals surface area contributed by atoms with Gasteiger partial charge in [0.25, 0.3) is 0 Å². The summed E-state index contributed by atoms with van der Waals surface area (Å²) in [6, 6.07) is 0. The van der Waals surface area contributed by atoms with Gasteiger partial charge in [-0.3, -0.25) is 4.78 Å². The number of nitrogens with one attached hydrogen (secondary N) is 1. The number of unbranched alkanes of at least 4 members (excludes halogenated alkanes) is 2. The molecule has 0 heterocycles. The van der Waals surface area contributed by atoms with E-state index in [0.717, 1.165) is 5.66 Å².